The molecule has 7 heteroatoms. The number of thioether (sulfide) groups is 1. The fraction of sp³-hybridized carbons (Fsp3) is 0.556. The first kappa shape index (κ1) is 11.4. The maximum atomic E-state index is 11.5. The van der Waals surface area contributed by atoms with Crippen molar-refractivity contribution in [2.75, 3.05) is 12.3 Å². The van der Waals surface area contributed by atoms with Crippen LogP contribution in [0.25, 0.3) is 0 Å². The van der Waals surface area contributed by atoms with Gasteiger partial charge in [-0.15, -0.1) is 11.8 Å². The molecule has 0 aromatic carbocycles. The van der Waals surface area contributed by atoms with Crippen molar-refractivity contribution in [1.29, 1.82) is 0 Å². The smallest absolute Gasteiger partial charge is 0.350 e. The van der Waals surface area contributed by atoms with Gasteiger partial charge in [-0.05, 0) is 6.07 Å². The lowest BCUT2D eigenvalue weighted by Gasteiger charge is -2.12. The topological polar surface area (TPSA) is 101 Å². The highest BCUT2D eigenvalue weighted by Crippen LogP contribution is 2.40. The van der Waals surface area contributed by atoms with E-state index in [1.807, 2.05) is 0 Å². The van der Waals surface area contributed by atoms with Crippen LogP contribution in [0.5, 0.6) is 0 Å². The van der Waals surface area contributed by atoms with E-state index in [0.717, 1.165) is 0 Å². The van der Waals surface area contributed by atoms with Gasteiger partial charge < -0.3 is 15.9 Å². The highest BCUT2D eigenvalue weighted by atomic mass is 32.2. The molecule has 0 unspecified atom stereocenters. The SMILES string of the molecule is Nc1ccn([C@H]2C[C@@H](O)[C@@H](CO)S2)c(=O)n1. The minimum Gasteiger partial charge on any atom is -0.395 e. The van der Waals surface area contributed by atoms with Crippen LogP contribution in [0, 0.1) is 0 Å². The Balaban J connectivity index is 2.23. The molecule has 1 aliphatic rings. The average molecular weight is 243 g/mol. The maximum Gasteiger partial charge on any atom is 0.350 e. The molecule has 1 saturated heterocycles. The highest BCUT2D eigenvalue weighted by Gasteiger charge is 2.34. The zero-order valence-corrected chi connectivity index (χ0v) is 9.30. The van der Waals surface area contributed by atoms with Gasteiger partial charge in [0.15, 0.2) is 0 Å². The minimum absolute atomic E-state index is 0.0977. The third kappa shape index (κ3) is 2.06. The number of aromatic nitrogens is 2. The fourth-order valence-corrected chi connectivity index (χ4v) is 3.08. The quantitative estimate of drug-likeness (QED) is 0.627. The van der Waals surface area contributed by atoms with E-state index in [-0.39, 0.29) is 23.0 Å². The molecule has 0 saturated carbocycles. The third-order valence-corrected chi connectivity index (χ3v) is 4.09. The monoisotopic (exact) mass is 243 g/mol. The lowest BCUT2D eigenvalue weighted by molar-refractivity contribution is 0.137. The number of rotatable bonds is 2. The Bertz CT molecular complexity index is 436. The molecule has 0 amide bonds. The Kier molecular flexibility index (Phi) is 3.17. The molecule has 1 aliphatic heterocycles. The molecule has 1 aromatic heterocycles. The molecule has 3 atom stereocenters. The summed E-state index contributed by atoms with van der Waals surface area (Å²) in [6, 6.07) is 1.54. The molecule has 16 heavy (non-hydrogen) atoms. The fourth-order valence-electron chi connectivity index (χ4n) is 1.70. The molecular weight excluding hydrogens is 230 g/mol. The number of hydrogen-bond acceptors (Lipinski definition) is 6. The Labute approximate surface area is 96.1 Å². The molecule has 0 bridgehead atoms. The summed E-state index contributed by atoms with van der Waals surface area (Å²) in [5.74, 6) is 0.184. The van der Waals surface area contributed by atoms with Crippen molar-refractivity contribution >= 4 is 17.6 Å². The van der Waals surface area contributed by atoms with Crippen LogP contribution in [0.4, 0.5) is 5.82 Å². The van der Waals surface area contributed by atoms with Crippen molar-refractivity contribution in [2.45, 2.75) is 23.1 Å². The first-order valence-electron chi connectivity index (χ1n) is 4.91. The van der Waals surface area contributed by atoms with Gasteiger partial charge in [0.25, 0.3) is 0 Å². The number of nitrogen functional groups attached to an aromatic ring is 1. The van der Waals surface area contributed by atoms with E-state index in [2.05, 4.69) is 4.98 Å². The minimum atomic E-state index is -0.593. The van der Waals surface area contributed by atoms with E-state index in [1.54, 1.807) is 12.3 Å². The summed E-state index contributed by atoms with van der Waals surface area (Å²) in [4.78, 5) is 15.2. The van der Waals surface area contributed by atoms with Crippen LogP contribution >= 0.6 is 11.8 Å². The van der Waals surface area contributed by atoms with E-state index in [4.69, 9.17) is 10.8 Å². The maximum absolute atomic E-state index is 11.5. The number of nitrogens with zero attached hydrogens (tertiary/aromatic N) is 2. The van der Waals surface area contributed by atoms with Crippen LogP contribution in [0.3, 0.4) is 0 Å². The standard InChI is InChI=1S/C9H13N3O3S/c10-7-1-2-12(9(15)11-7)8-3-5(14)6(4-13)16-8/h1-2,5-6,8,13-14H,3-4H2,(H2,10,11,15)/t5-,6-,8-/m1/s1. The van der Waals surface area contributed by atoms with E-state index < -0.39 is 11.8 Å². The van der Waals surface area contributed by atoms with Crippen LogP contribution in [-0.4, -0.2) is 37.7 Å². The summed E-state index contributed by atoms with van der Waals surface area (Å²) in [6.45, 7) is -0.0977. The van der Waals surface area contributed by atoms with Gasteiger partial charge in [-0.25, -0.2) is 4.79 Å². The summed E-state index contributed by atoms with van der Waals surface area (Å²) in [5, 5.41) is 18.2. The van der Waals surface area contributed by atoms with Gasteiger partial charge in [0.2, 0.25) is 0 Å². The average Bonchev–Trinajstić information content (AvgIpc) is 2.59. The summed E-state index contributed by atoms with van der Waals surface area (Å²) < 4.78 is 1.43. The van der Waals surface area contributed by atoms with Gasteiger partial charge in [-0.1, -0.05) is 0 Å². The lowest BCUT2D eigenvalue weighted by Crippen LogP contribution is -2.25. The zero-order chi connectivity index (χ0) is 11.7. The number of aliphatic hydroxyl groups is 2. The van der Waals surface area contributed by atoms with Crippen LogP contribution in [0.15, 0.2) is 17.1 Å². The Morgan fingerprint density at radius 2 is 2.44 bits per heavy atom. The number of hydrogen-bond donors (Lipinski definition) is 3. The molecule has 0 spiro atoms. The van der Waals surface area contributed by atoms with Crippen molar-refractivity contribution in [1.82, 2.24) is 9.55 Å². The summed E-state index contributed by atoms with van der Waals surface area (Å²) in [7, 11) is 0. The molecule has 2 rings (SSSR count). The van der Waals surface area contributed by atoms with Gasteiger partial charge >= 0.3 is 5.69 Å². The molecule has 6 nitrogen and oxygen atoms in total. The van der Waals surface area contributed by atoms with Gasteiger partial charge in [0.05, 0.1) is 23.3 Å². The van der Waals surface area contributed by atoms with E-state index in [0.29, 0.717) is 6.42 Å². The molecule has 1 aromatic rings. The Morgan fingerprint density at radius 3 is 3.00 bits per heavy atom. The van der Waals surface area contributed by atoms with Crippen molar-refractivity contribution in [3.8, 4) is 0 Å². The van der Waals surface area contributed by atoms with Crippen LogP contribution in [-0.2, 0) is 0 Å². The van der Waals surface area contributed by atoms with Gasteiger partial charge in [0, 0.05) is 12.6 Å². The molecule has 88 valence electrons. The molecule has 0 radical (unpaired) electrons. The lowest BCUT2D eigenvalue weighted by atomic mass is 10.2. The second-order valence-corrected chi connectivity index (χ2v) is 5.08. The van der Waals surface area contributed by atoms with Gasteiger partial charge in [-0.2, -0.15) is 4.98 Å². The largest absolute Gasteiger partial charge is 0.395 e. The molecule has 1 fully saturated rings. The first-order chi connectivity index (χ1) is 7.61. The van der Waals surface area contributed by atoms with E-state index >= 15 is 0 Å². The highest BCUT2D eigenvalue weighted by molar-refractivity contribution is 8.00. The van der Waals surface area contributed by atoms with Crippen LogP contribution in [0.2, 0.25) is 0 Å². The Morgan fingerprint density at radius 1 is 1.69 bits per heavy atom. The van der Waals surface area contributed by atoms with Crippen LogP contribution in [0.1, 0.15) is 11.8 Å². The number of nitrogens with two attached hydrogens (primary N) is 1. The summed E-state index contributed by atoms with van der Waals surface area (Å²) >= 11 is 1.37. The molecule has 2 heterocycles. The predicted molar refractivity (Wildman–Crippen MR) is 61.0 cm³/mol. The number of aliphatic hydroxyl groups excluding tert-OH is 2. The summed E-state index contributed by atoms with van der Waals surface area (Å²) in [6.07, 6.45) is 1.40. The predicted octanol–water partition coefficient (Wildman–Crippen LogP) is -0.817. The van der Waals surface area contributed by atoms with E-state index in [1.165, 1.54) is 16.3 Å². The van der Waals surface area contributed by atoms with Crippen LogP contribution < -0.4 is 11.4 Å². The second kappa shape index (κ2) is 4.44. The molecule has 4 N–H and O–H groups in total. The molecular formula is C9H13N3O3S. The van der Waals surface area contributed by atoms with Crippen molar-refractivity contribution < 1.29 is 10.2 Å². The van der Waals surface area contributed by atoms with Gasteiger partial charge in [0.1, 0.15) is 5.82 Å². The third-order valence-electron chi connectivity index (χ3n) is 2.55. The van der Waals surface area contributed by atoms with Crippen molar-refractivity contribution in [3.05, 3.63) is 22.7 Å². The van der Waals surface area contributed by atoms with Crippen molar-refractivity contribution in [2.24, 2.45) is 0 Å². The first-order valence-corrected chi connectivity index (χ1v) is 5.85. The number of anilines is 1. The van der Waals surface area contributed by atoms with Crippen molar-refractivity contribution in [3.63, 3.8) is 0 Å². The zero-order valence-electron chi connectivity index (χ0n) is 8.48. The van der Waals surface area contributed by atoms with Gasteiger partial charge in [-0.3, -0.25) is 4.57 Å². The second-order valence-electron chi connectivity index (χ2n) is 3.66. The normalized spacial score (nSPS) is 29.5. The molecule has 0 aliphatic carbocycles. The summed E-state index contributed by atoms with van der Waals surface area (Å²) in [5.41, 5.74) is 4.96. The Hall–Kier alpha value is -1.05. The van der Waals surface area contributed by atoms with E-state index in [9.17, 15) is 9.90 Å².